The number of nitrogens with one attached hydrogen (secondary N) is 1. The first-order chi connectivity index (χ1) is 12.6. The van der Waals surface area contributed by atoms with Gasteiger partial charge in [0.05, 0.1) is 6.10 Å². The van der Waals surface area contributed by atoms with Crippen LogP contribution < -0.4 is 5.32 Å². The first kappa shape index (κ1) is 19.4. The van der Waals surface area contributed by atoms with E-state index in [-0.39, 0.29) is 6.10 Å². The first-order valence-electron chi connectivity index (χ1n) is 8.74. The lowest BCUT2D eigenvalue weighted by Gasteiger charge is -2.27. The number of halogens is 2. The zero-order valence-electron chi connectivity index (χ0n) is 14.5. The molecule has 0 aliphatic carbocycles. The molecule has 0 amide bonds. The van der Waals surface area contributed by atoms with Gasteiger partial charge in [-0.3, -0.25) is 0 Å². The maximum Gasteiger partial charge on any atom is 0.169 e. The van der Waals surface area contributed by atoms with Crippen LogP contribution in [0.25, 0.3) is 0 Å². The fourth-order valence-electron chi connectivity index (χ4n) is 3.00. The monoisotopic (exact) mass is 408 g/mol. The van der Waals surface area contributed by atoms with Crippen molar-refractivity contribution in [1.82, 2.24) is 10.2 Å². The average molecular weight is 409 g/mol. The van der Waals surface area contributed by atoms with Crippen molar-refractivity contribution in [2.75, 3.05) is 13.2 Å². The largest absolute Gasteiger partial charge is 0.376 e. The van der Waals surface area contributed by atoms with E-state index in [0.717, 1.165) is 31.6 Å². The molecule has 1 unspecified atom stereocenters. The van der Waals surface area contributed by atoms with Gasteiger partial charge in [0, 0.05) is 41.8 Å². The molecule has 2 aromatic carbocycles. The number of rotatable bonds is 6. The fraction of sp³-hybridized carbons (Fsp3) is 0.350. The van der Waals surface area contributed by atoms with E-state index in [1.165, 1.54) is 5.56 Å². The van der Waals surface area contributed by atoms with Gasteiger partial charge >= 0.3 is 0 Å². The zero-order valence-corrected chi connectivity index (χ0v) is 16.8. The van der Waals surface area contributed by atoms with Crippen LogP contribution in [0.4, 0.5) is 0 Å². The van der Waals surface area contributed by atoms with Gasteiger partial charge in [-0.1, -0.05) is 59.6 Å². The van der Waals surface area contributed by atoms with Gasteiger partial charge in [-0.15, -0.1) is 0 Å². The smallest absolute Gasteiger partial charge is 0.169 e. The number of benzene rings is 2. The molecule has 0 saturated carbocycles. The molecule has 1 N–H and O–H groups in total. The Morgan fingerprint density at radius 3 is 2.46 bits per heavy atom. The van der Waals surface area contributed by atoms with Crippen molar-refractivity contribution in [1.29, 1.82) is 0 Å². The minimum absolute atomic E-state index is 0.232. The summed E-state index contributed by atoms with van der Waals surface area (Å²) in [4.78, 5) is 2.09. The molecule has 3 rings (SSSR count). The van der Waals surface area contributed by atoms with Gasteiger partial charge in [0.1, 0.15) is 0 Å². The molecule has 1 heterocycles. The van der Waals surface area contributed by atoms with Crippen LogP contribution in [-0.4, -0.2) is 29.3 Å². The predicted molar refractivity (Wildman–Crippen MR) is 112 cm³/mol. The third kappa shape index (κ3) is 5.34. The Balaban J connectivity index is 1.73. The highest BCUT2D eigenvalue weighted by atomic mass is 35.5. The lowest BCUT2D eigenvalue weighted by atomic mass is 10.1. The van der Waals surface area contributed by atoms with Crippen LogP contribution in [0.1, 0.15) is 24.0 Å². The minimum atomic E-state index is 0.232. The van der Waals surface area contributed by atoms with Crippen molar-refractivity contribution in [2.45, 2.75) is 32.0 Å². The minimum Gasteiger partial charge on any atom is -0.376 e. The number of hydrogen-bond donors (Lipinski definition) is 1. The Morgan fingerprint density at radius 1 is 1.08 bits per heavy atom. The molecule has 1 fully saturated rings. The van der Waals surface area contributed by atoms with E-state index in [0.29, 0.717) is 28.2 Å². The molecular formula is C20H22Cl2N2OS. The molecule has 1 aliphatic heterocycles. The summed E-state index contributed by atoms with van der Waals surface area (Å²) in [5.74, 6) is 0. The lowest BCUT2D eigenvalue weighted by Crippen LogP contribution is -2.42. The molecule has 6 heteroatoms. The SMILES string of the molecule is S=C(NCC1CCCO1)N(Cc1ccccc1)Cc1c(Cl)cccc1Cl. The van der Waals surface area contributed by atoms with Crippen LogP contribution in [0.15, 0.2) is 48.5 Å². The van der Waals surface area contributed by atoms with Crippen molar-refractivity contribution in [3.8, 4) is 0 Å². The average Bonchev–Trinajstić information content (AvgIpc) is 3.16. The van der Waals surface area contributed by atoms with Gasteiger partial charge < -0.3 is 15.0 Å². The second-order valence-corrected chi connectivity index (χ2v) is 7.56. The van der Waals surface area contributed by atoms with Gasteiger partial charge in [-0.2, -0.15) is 0 Å². The van der Waals surface area contributed by atoms with Crippen molar-refractivity contribution in [3.63, 3.8) is 0 Å². The summed E-state index contributed by atoms with van der Waals surface area (Å²) in [6.45, 7) is 2.78. The topological polar surface area (TPSA) is 24.5 Å². The van der Waals surface area contributed by atoms with Crippen molar-refractivity contribution in [2.24, 2.45) is 0 Å². The van der Waals surface area contributed by atoms with Crippen LogP contribution in [-0.2, 0) is 17.8 Å². The highest BCUT2D eigenvalue weighted by Gasteiger charge is 2.19. The van der Waals surface area contributed by atoms with Crippen LogP contribution in [0.2, 0.25) is 10.0 Å². The van der Waals surface area contributed by atoms with Crippen molar-refractivity contribution in [3.05, 3.63) is 69.7 Å². The van der Waals surface area contributed by atoms with E-state index in [2.05, 4.69) is 22.3 Å². The Bertz CT molecular complexity index is 716. The molecule has 138 valence electrons. The van der Waals surface area contributed by atoms with E-state index < -0.39 is 0 Å². The maximum absolute atomic E-state index is 6.37. The number of nitrogens with zero attached hydrogens (tertiary/aromatic N) is 1. The van der Waals surface area contributed by atoms with Gasteiger partial charge in [0.15, 0.2) is 5.11 Å². The van der Waals surface area contributed by atoms with Crippen LogP contribution >= 0.6 is 35.4 Å². The summed E-state index contributed by atoms with van der Waals surface area (Å²) in [6, 6.07) is 15.8. The maximum atomic E-state index is 6.37. The molecule has 1 saturated heterocycles. The molecule has 2 aromatic rings. The van der Waals surface area contributed by atoms with E-state index in [1.807, 2.05) is 36.4 Å². The third-order valence-corrected chi connectivity index (χ3v) is 5.53. The number of thiocarbonyl (C=S) groups is 1. The summed E-state index contributed by atoms with van der Waals surface area (Å²) in [5, 5.41) is 5.33. The van der Waals surface area contributed by atoms with E-state index in [4.69, 9.17) is 40.2 Å². The highest BCUT2D eigenvalue weighted by molar-refractivity contribution is 7.80. The Hall–Kier alpha value is -1.33. The fourth-order valence-corrected chi connectivity index (χ4v) is 3.73. The molecule has 26 heavy (non-hydrogen) atoms. The number of hydrogen-bond acceptors (Lipinski definition) is 2. The quantitative estimate of drug-likeness (QED) is 0.675. The molecule has 1 aliphatic rings. The predicted octanol–water partition coefficient (Wildman–Crippen LogP) is 5.05. The summed E-state index contributed by atoms with van der Waals surface area (Å²) in [6.07, 6.45) is 2.42. The molecule has 0 bridgehead atoms. The summed E-state index contributed by atoms with van der Waals surface area (Å²) >= 11 is 18.4. The van der Waals surface area contributed by atoms with E-state index in [9.17, 15) is 0 Å². The first-order valence-corrected chi connectivity index (χ1v) is 9.91. The zero-order chi connectivity index (χ0) is 18.4. The van der Waals surface area contributed by atoms with Crippen LogP contribution in [0.5, 0.6) is 0 Å². The van der Waals surface area contributed by atoms with Gasteiger partial charge in [0.25, 0.3) is 0 Å². The molecule has 0 aromatic heterocycles. The summed E-state index contributed by atoms with van der Waals surface area (Å²) < 4.78 is 5.68. The van der Waals surface area contributed by atoms with E-state index >= 15 is 0 Å². The summed E-state index contributed by atoms with van der Waals surface area (Å²) in [7, 11) is 0. The normalized spacial score (nSPS) is 16.5. The second-order valence-electron chi connectivity index (χ2n) is 6.36. The van der Waals surface area contributed by atoms with Crippen molar-refractivity contribution >= 4 is 40.5 Å². The van der Waals surface area contributed by atoms with E-state index in [1.54, 1.807) is 0 Å². The molecular weight excluding hydrogens is 387 g/mol. The second kappa shape index (κ2) is 9.56. The van der Waals surface area contributed by atoms with Gasteiger partial charge in [-0.25, -0.2) is 0 Å². The van der Waals surface area contributed by atoms with Crippen molar-refractivity contribution < 1.29 is 4.74 Å². The lowest BCUT2D eigenvalue weighted by molar-refractivity contribution is 0.113. The molecule has 3 nitrogen and oxygen atoms in total. The molecule has 1 atom stereocenters. The Labute approximate surface area is 170 Å². The third-order valence-electron chi connectivity index (χ3n) is 4.42. The Morgan fingerprint density at radius 2 is 1.81 bits per heavy atom. The Kier molecular flexibility index (Phi) is 7.15. The van der Waals surface area contributed by atoms with Crippen LogP contribution in [0.3, 0.4) is 0 Å². The summed E-state index contributed by atoms with van der Waals surface area (Å²) in [5.41, 5.74) is 2.06. The standard InChI is InChI=1S/C20H22Cl2N2OS/c21-18-9-4-10-19(22)17(18)14-24(13-15-6-2-1-3-7-15)20(26)23-12-16-8-5-11-25-16/h1-4,6-7,9-10,16H,5,8,11-14H2,(H,23,26). The molecule has 0 spiro atoms. The van der Waals surface area contributed by atoms with Gasteiger partial charge in [0.2, 0.25) is 0 Å². The van der Waals surface area contributed by atoms with Crippen LogP contribution in [0, 0.1) is 0 Å². The molecule has 0 radical (unpaired) electrons. The van der Waals surface area contributed by atoms with Gasteiger partial charge in [-0.05, 0) is 42.8 Å². The highest BCUT2D eigenvalue weighted by Crippen LogP contribution is 2.26. The number of ether oxygens (including phenoxy) is 1.